The van der Waals surface area contributed by atoms with Gasteiger partial charge in [0.2, 0.25) is 0 Å². The molecule has 5 nitrogen and oxygen atoms in total. The van der Waals surface area contributed by atoms with E-state index in [2.05, 4.69) is 0 Å². The van der Waals surface area contributed by atoms with Gasteiger partial charge in [-0.15, -0.1) is 0 Å². The summed E-state index contributed by atoms with van der Waals surface area (Å²) in [6.07, 6.45) is 0. The van der Waals surface area contributed by atoms with Crippen molar-refractivity contribution in [1.82, 2.24) is 0 Å². The van der Waals surface area contributed by atoms with Crippen LogP contribution < -0.4 is 9.64 Å². The number of carbonyl (C=O) groups is 2. The Morgan fingerprint density at radius 3 is 2.38 bits per heavy atom. The third kappa shape index (κ3) is 3.83. The molecule has 1 aliphatic heterocycles. The van der Waals surface area contributed by atoms with Crippen molar-refractivity contribution in [2.24, 2.45) is 0 Å². The summed E-state index contributed by atoms with van der Waals surface area (Å²) in [6.45, 7) is 0. The van der Waals surface area contributed by atoms with Crippen molar-refractivity contribution in [2.45, 2.75) is 6.04 Å². The van der Waals surface area contributed by atoms with Crippen LogP contribution in [0.1, 0.15) is 17.2 Å². The summed E-state index contributed by atoms with van der Waals surface area (Å²) in [5.41, 5.74) is 0.895. The van der Waals surface area contributed by atoms with Gasteiger partial charge in [0.05, 0.1) is 28.8 Å². The van der Waals surface area contributed by atoms with E-state index in [9.17, 15) is 19.1 Å². The first-order chi connectivity index (χ1) is 15.3. The van der Waals surface area contributed by atoms with E-state index in [1.165, 1.54) is 48.4 Å². The number of amides is 1. The molecule has 0 saturated carbocycles. The Kier molecular flexibility index (Phi) is 5.91. The second-order valence-corrected chi connectivity index (χ2v) is 7.87. The lowest BCUT2D eigenvalue weighted by Gasteiger charge is -2.25. The van der Waals surface area contributed by atoms with Crippen LogP contribution in [-0.2, 0) is 9.59 Å². The van der Waals surface area contributed by atoms with Crippen molar-refractivity contribution in [2.75, 3.05) is 12.0 Å². The number of hydrogen-bond donors (Lipinski definition) is 1. The van der Waals surface area contributed by atoms with Crippen molar-refractivity contribution >= 4 is 46.3 Å². The molecule has 1 fully saturated rings. The van der Waals surface area contributed by atoms with Crippen LogP contribution in [0.25, 0.3) is 5.76 Å². The van der Waals surface area contributed by atoms with E-state index in [-0.39, 0.29) is 21.4 Å². The molecule has 0 spiro atoms. The van der Waals surface area contributed by atoms with Gasteiger partial charge in [-0.1, -0.05) is 47.5 Å². The van der Waals surface area contributed by atoms with Gasteiger partial charge in [0, 0.05) is 11.3 Å². The number of aliphatic hydroxyl groups excluding tert-OH is 1. The Morgan fingerprint density at radius 1 is 1.00 bits per heavy atom. The molecule has 1 atom stereocenters. The number of Topliss-reactive ketones (excluding diaryl/α,β-unsaturated/α-hetero) is 1. The minimum Gasteiger partial charge on any atom is -0.507 e. The van der Waals surface area contributed by atoms with E-state index < -0.39 is 23.5 Å². The molecule has 8 heteroatoms. The van der Waals surface area contributed by atoms with Crippen molar-refractivity contribution in [3.8, 4) is 5.75 Å². The first kappa shape index (κ1) is 21.9. The molecular weight excluding hydrogens is 456 g/mol. The van der Waals surface area contributed by atoms with Crippen LogP contribution in [0.5, 0.6) is 5.75 Å². The van der Waals surface area contributed by atoms with Crippen LogP contribution in [0.2, 0.25) is 10.0 Å². The summed E-state index contributed by atoms with van der Waals surface area (Å²) in [7, 11) is 1.47. The predicted octanol–water partition coefficient (Wildman–Crippen LogP) is 5.77. The van der Waals surface area contributed by atoms with Crippen molar-refractivity contribution in [1.29, 1.82) is 0 Å². The standard InChI is InChI=1S/C24H16Cl2FNO4/c1-32-17-4-2-3-14(11-17)22(29)20-21(13-5-7-15(27)8-6-13)28(24(31)23(20)30)16-9-10-18(25)19(26)12-16/h2-12,21,29H,1H3/b22-20+. The lowest BCUT2D eigenvalue weighted by molar-refractivity contribution is -0.132. The average molecular weight is 472 g/mol. The molecule has 1 saturated heterocycles. The summed E-state index contributed by atoms with van der Waals surface area (Å²) in [5, 5.41) is 11.6. The van der Waals surface area contributed by atoms with Gasteiger partial charge in [-0.05, 0) is 48.0 Å². The quantitative estimate of drug-likeness (QED) is 0.298. The van der Waals surface area contributed by atoms with Gasteiger partial charge in [0.15, 0.2) is 0 Å². The summed E-state index contributed by atoms with van der Waals surface area (Å²) in [4.78, 5) is 27.4. The molecule has 0 bridgehead atoms. The maximum absolute atomic E-state index is 13.6. The van der Waals surface area contributed by atoms with Gasteiger partial charge in [-0.3, -0.25) is 14.5 Å². The second-order valence-electron chi connectivity index (χ2n) is 7.05. The Morgan fingerprint density at radius 2 is 1.72 bits per heavy atom. The lowest BCUT2D eigenvalue weighted by Crippen LogP contribution is -2.29. The first-order valence-corrected chi connectivity index (χ1v) is 10.2. The molecule has 0 aromatic heterocycles. The highest BCUT2D eigenvalue weighted by atomic mass is 35.5. The van der Waals surface area contributed by atoms with Crippen molar-refractivity contribution in [3.05, 3.63) is 99.3 Å². The van der Waals surface area contributed by atoms with Crippen LogP contribution in [0.4, 0.5) is 10.1 Å². The number of ketones is 1. The molecule has 1 aliphatic rings. The molecule has 162 valence electrons. The number of ether oxygens (including phenoxy) is 1. The van der Waals surface area contributed by atoms with Crippen LogP contribution in [-0.4, -0.2) is 23.9 Å². The minimum absolute atomic E-state index is 0.138. The lowest BCUT2D eigenvalue weighted by atomic mass is 9.95. The van der Waals surface area contributed by atoms with Crippen molar-refractivity contribution in [3.63, 3.8) is 0 Å². The van der Waals surface area contributed by atoms with Gasteiger partial charge in [-0.25, -0.2) is 4.39 Å². The maximum atomic E-state index is 13.6. The molecule has 4 rings (SSSR count). The molecular formula is C24H16Cl2FNO4. The SMILES string of the molecule is COc1cccc(/C(O)=C2\C(=O)C(=O)N(c3ccc(Cl)c(Cl)c3)C2c2ccc(F)cc2)c1. The van der Waals surface area contributed by atoms with E-state index in [1.54, 1.807) is 30.3 Å². The molecule has 3 aromatic carbocycles. The Hall–Kier alpha value is -3.35. The molecule has 0 radical (unpaired) electrons. The molecule has 1 heterocycles. The summed E-state index contributed by atoms with van der Waals surface area (Å²) in [6, 6.07) is 15.3. The summed E-state index contributed by atoms with van der Waals surface area (Å²) >= 11 is 12.1. The second kappa shape index (κ2) is 8.65. The zero-order valence-corrected chi connectivity index (χ0v) is 18.2. The Balaban J connectivity index is 1.95. The zero-order valence-electron chi connectivity index (χ0n) is 16.7. The van der Waals surface area contributed by atoms with Gasteiger partial charge >= 0.3 is 0 Å². The first-order valence-electron chi connectivity index (χ1n) is 9.47. The van der Waals surface area contributed by atoms with Gasteiger partial charge < -0.3 is 9.84 Å². The van der Waals surface area contributed by atoms with Crippen molar-refractivity contribution < 1.29 is 23.8 Å². The van der Waals surface area contributed by atoms with Crippen LogP contribution in [0.3, 0.4) is 0 Å². The van der Waals surface area contributed by atoms with E-state index >= 15 is 0 Å². The van der Waals surface area contributed by atoms with E-state index in [0.29, 0.717) is 22.6 Å². The molecule has 1 N–H and O–H groups in total. The zero-order chi connectivity index (χ0) is 23.0. The predicted molar refractivity (Wildman–Crippen MR) is 121 cm³/mol. The molecule has 0 aliphatic carbocycles. The highest BCUT2D eigenvalue weighted by molar-refractivity contribution is 6.52. The highest BCUT2D eigenvalue weighted by Gasteiger charge is 2.47. The van der Waals surface area contributed by atoms with E-state index in [4.69, 9.17) is 27.9 Å². The fraction of sp³-hybridized carbons (Fsp3) is 0.0833. The smallest absolute Gasteiger partial charge is 0.300 e. The summed E-state index contributed by atoms with van der Waals surface area (Å²) in [5.74, 6) is -2.13. The molecule has 32 heavy (non-hydrogen) atoms. The number of carbonyl (C=O) groups excluding carboxylic acids is 2. The minimum atomic E-state index is -1.01. The molecule has 1 amide bonds. The monoisotopic (exact) mass is 471 g/mol. The van der Waals surface area contributed by atoms with Crippen LogP contribution in [0.15, 0.2) is 72.3 Å². The number of methoxy groups -OCH3 is 1. The number of rotatable bonds is 4. The van der Waals surface area contributed by atoms with E-state index in [1.807, 2.05) is 0 Å². The highest BCUT2D eigenvalue weighted by Crippen LogP contribution is 2.43. The average Bonchev–Trinajstić information content (AvgIpc) is 3.06. The van der Waals surface area contributed by atoms with Gasteiger partial charge in [-0.2, -0.15) is 0 Å². The molecule has 3 aromatic rings. The van der Waals surface area contributed by atoms with Gasteiger partial charge in [0.1, 0.15) is 17.3 Å². The number of anilines is 1. The number of benzene rings is 3. The van der Waals surface area contributed by atoms with Crippen LogP contribution in [0, 0.1) is 5.82 Å². The number of nitrogens with zero attached hydrogens (tertiary/aromatic N) is 1. The maximum Gasteiger partial charge on any atom is 0.300 e. The third-order valence-electron chi connectivity index (χ3n) is 5.15. The number of hydrogen-bond acceptors (Lipinski definition) is 4. The number of aliphatic hydroxyl groups is 1. The normalized spacial score (nSPS) is 17.6. The van der Waals surface area contributed by atoms with E-state index in [0.717, 1.165) is 0 Å². The van der Waals surface area contributed by atoms with Crippen LogP contribution >= 0.6 is 23.2 Å². The molecule has 1 unspecified atom stereocenters. The largest absolute Gasteiger partial charge is 0.507 e. The fourth-order valence-electron chi connectivity index (χ4n) is 3.62. The fourth-order valence-corrected chi connectivity index (χ4v) is 3.91. The Bertz CT molecular complexity index is 1260. The summed E-state index contributed by atoms with van der Waals surface area (Å²) < 4.78 is 18.8. The number of halogens is 3. The topological polar surface area (TPSA) is 66.8 Å². The van der Waals surface area contributed by atoms with Gasteiger partial charge in [0.25, 0.3) is 11.7 Å². The Labute approximate surface area is 193 Å². The third-order valence-corrected chi connectivity index (χ3v) is 5.89.